The van der Waals surface area contributed by atoms with Crippen molar-refractivity contribution in [2.24, 2.45) is 39.9 Å². The maximum Gasteiger partial charge on any atom is 0.466 e. The minimum atomic E-state index is -4.64. The smallest absolute Gasteiger partial charge is 0.466 e. The molecule has 0 spiro atoms. The quantitative estimate of drug-likeness (QED) is 0.110. The first-order chi connectivity index (χ1) is 19.2. The Hall–Kier alpha value is -1.55. The Balaban J connectivity index is 0.000000892. The summed E-state index contributed by atoms with van der Waals surface area (Å²) in [7, 11) is -4.64. The van der Waals surface area contributed by atoms with Crippen LogP contribution in [0.25, 0.3) is 0 Å². The Bertz CT molecular complexity index is 1150. The molecule has 0 saturated heterocycles. The van der Waals surface area contributed by atoms with E-state index in [-0.39, 0.29) is 40.1 Å². The zero-order valence-corrected chi connectivity index (χ0v) is 26.9. The van der Waals surface area contributed by atoms with Crippen LogP contribution in [0.2, 0.25) is 0 Å². The molecule has 0 aliphatic heterocycles. The van der Waals surface area contributed by atoms with Gasteiger partial charge in [0.1, 0.15) is 6.10 Å². The highest BCUT2D eigenvalue weighted by molar-refractivity contribution is 7.45. The van der Waals surface area contributed by atoms with Crippen LogP contribution in [0.15, 0.2) is 22.8 Å². The molecule has 0 aromatic carbocycles. The van der Waals surface area contributed by atoms with Crippen LogP contribution in [0.3, 0.4) is 0 Å². The van der Waals surface area contributed by atoms with E-state index in [0.717, 1.165) is 36.8 Å². The average molecular weight is 615 g/mol. The van der Waals surface area contributed by atoms with Crippen LogP contribution in [0.4, 0.5) is 0 Å². The molecular weight excluding hydrogens is 563 g/mol. The van der Waals surface area contributed by atoms with Gasteiger partial charge < -0.3 is 34.7 Å². The fourth-order valence-electron chi connectivity index (χ4n) is 9.79. The first-order valence-corrected chi connectivity index (χ1v) is 16.6. The first-order valence-electron chi connectivity index (χ1n) is 15.1. The average Bonchev–Trinajstić information content (AvgIpc) is 3.09. The summed E-state index contributed by atoms with van der Waals surface area (Å²) < 4.78 is 14.8. The number of esters is 1. The van der Waals surface area contributed by atoms with E-state index in [4.69, 9.17) is 24.0 Å². The third-order valence-corrected chi connectivity index (χ3v) is 11.6. The number of phosphoric acid groups is 1. The molecule has 240 valence electrons. The number of rotatable bonds is 5. The fraction of sp³-hybridized carbons (Fsp3) is 0.806. The van der Waals surface area contributed by atoms with Gasteiger partial charge in [-0.15, -0.1) is 0 Å². The van der Waals surface area contributed by atoms with Crippen molar-refractivity contribution in [2.75, 3.05) is 0 Å². The van der Waals surface area contributed by atoms with Gasteiger partial charge in [0.25, 0.3) is 0 Å². The Morgan fingerprint density at radius 1 is 1.00 bits per heavy atom. The standard InChI is InChI=1S/C31H48O6.H3O4P/c1-17(2)9-8-10-20(28(35)36)26-22-15-24(34)27-29(5)13-12-23(33)18(3)21(29)11-14-30(27,6)31(22,7)16-25(26)37-19(4)32;1-5(2,3)4/h9,18,21-25,27,33-34H,8,10-16H2,1-7H3,(H,35,36);(H3,1,2,3,4)/t18-,21?,22+,23+,24+,25-,27?,29-,30-,31-;/m0./s1. The number of aliphatic hydroxyl groups is 2. The fourth-order valence-corrected chi connectivity index (χ4v) is 9.79. The van der Waals surface area contributed by atoms with E-state index in [1.54, 1.807) is 0 Å². The molecule has 10 atom stereocenters. The van der Waals surface area contributed by atoms with Crippen molar-refractivity contribution in [3.05, 3.63) is 22.8 Å². The van der Waals surface area contributed by atoms with E-state index in [1.165, 1.54) is 6.92 Å². The highest BCUT2D eigenvalue weighted by Crippen LogP contribution is 2.74. The molecule has 6 N–H and O–H groups in total. The molecule has 2 unspecified atom stereocenters. The molecular formula is C31H51O10P. The third kappa shape index (κ3) is 6.59. The Kier molecular flexibility index (Phi) is 10.4. The molecule has 42 heavy (non-hydrogen) atoms. The molecule has 4 aliphatic rings. The molecule has 0 amide bonds. The summed E-state index contributed by atoms with van der Waals surface area (Å²) in [5, 5.41) is 32.9. The van der Waals surface area contributed by atoms with Gasteiger partial charge >= 0.3 is 19.8 Å². The topological polar surface area (TPSA) is 182 Å². The van der Waals surface area contributed by atoms with Crippen molar-refractivity contribution in [1.29, 1.82) is 0 Å². The van der Waals surface area contributed by atoms with Gasteiger partial charge in [-0.1, -0.05) is 39.3 Å². The van der Waals surface area contributed by atoms with Crippen LogP contribution in [-0.2, 0) is 18.9 Å². The second-order valence-electron chi connectivity index (χ2n) is 14.2. The highest BCUT2D eigenvalue weighted by Gasteiger charge is 2.70. The van der Waals surface area contributed by atoms with Crippen molar-refractivity contribution in [2.45, 2.75) is 118 Å². The van der Waals surface area contributed by atoms with Crippen molar-refractivity contribution < 1.29 is 48.9 Å². The van der Waals surface area contributed by atoms with E-state index in [2.05, 4.69) is 27.7 Å². The predicted molar refractivity (Wildman–Crippen MR) is 157 cm³/mol. The van der Waals surface area contributed by atoms with Gasteiger partial charge in [-0.05, 0) is 111 Å². The molecule has 0 radical (unpaired) electrons. The number of ether oxygens (including phenoxy) is 1. The number of fused-ring (bicyclic) bond motifs is 5. The molecule has 4 saturated carbocycles. The zero-order valence-electron chi connectivity index (χ0n) is 26.0. The number of carboxylic acid groups (broad SMARTS) is 1. The lowest BCUT2D eigenvalue weighted by Gasteiger charge is -2.69. The number of carbonyl (C=O) groups excluding carboxylic acids is 1. The molecule has 10 nitrogen and oxygen atoms in total. The van der Waals surface area contributed by atoms with Gasteiger partial charge in [0.15, 0.2) is 0 Å². The number of allylic oxidation sites excluding steroid dienone is 2. The molecule has 0 heterocycles. The number of aliphatic carboxylic acids is 1. The summed E-state index contributed by atoms with van der Waals surface area (Å²) >= 11 is 0. The maximum absolute atomic E-state index is 12.6. The van der Waals surface area contributed by atoms with Crippen LogP contribution < -0.4 is 0 Å². The van der Waals surface area contributed by atoms with Crippen molar-refractivity contribution in [3.8, 4) is 0 Å². The summed E-state index contributed by atoms with van der Waals surface area (Å²) in [6.45, 7) is 14.5. The molecule has 0 aromatic heterocycles. The summed E-state index contributed by atoms with van der Waals surface area (Å²) in [4.78, 5) is 46.4. The monoisotopic (exact) mass is 614 g/mol. The van der Waals surface area contributed by atoms with Crippen LogP contribution in [0.5, 0.6) is 0 Å². The lowest BCUT2D eigenvalue weighted by Crippen LogP contribution is -2.65. The van der Waals surface area contributed by atoms with Gasteiger partial charge in [0.2, 0.25) is 0 Å². The van der Waals surface area contributed by atoms with Gasteiger partial charge in [-0.25, -0.2) is 9.36 Å². The number of carboxylic acids is 1. The van der Waals surface area contributed by atoms with E-state index < -0.39 is 32.0 Å². The Labute approximate surface area is 249 Å². The SMILES string of the molecule is CC(=O)O[C@H]1C[C@@]2(C)[C@H](C[C@@H](O)C3[C@@]4(C)CC[C@@H](O)[C@@H](C)C4CC[C@@]32C)C1=C(CCC=C(C)C)C(=O)O.O=P(O)(O)O. The van der Waals surface area contributed by atoms with Crippen molar-refractivity contribution >= 4 is 19.8 Å². The second kappa shape index (κ2) is 12.4. The van der Waals surface area contributed by atoms with Gasteiger partial charge in [-0.3, -0.25) is 4.79 Å². The van der Waals surface area contributed by atoms with E-state index in [9.17, 15) is 24.9 Å². The molecule has 4 aliphatic carbocycles. The van der Waals surface area contributed by atoms with E-state index in [0.29, 0.717) is 37.2 Å². The molecule has 4 fully saturated rings. The minimum Gasteiger partial charge on any atom is -0.478 e. The summed E-state index contributed by atoms with van der Waals surface area (Å²) in [5.74, 6) is -0.909. The normalized spacial score (nSPS) is 42.1. The molecule has 11 heteroatoms. The predicted octanol–water partition coefficient (Wildman–Crippen LogP) is 4.74. The van der Waals surface area contributed by atoms with Crippen molar-refractivity contribution in [3.63, 3.8) is 0 Å². The lowest BCUT2D eigenvalue weighted by molar-refractivity contribution is -0.234. The van der Waals surface area contributed by atoms with E-state index >= 15 is 0 Å². The number of carbonyl (C=O) groups is 2. The lowest BCUT2D eigenvalue weighted by atomic mass is 9.36. The number of aliphatic hydroxyl groups excluding tert-OH is 2. The summed E-state index contributed by atoms with van der Waals surface area (Å²) in [5.41, 5.74) is 1.57. The minimum absolute atomic E-state index is 0.0474. The summed E-state index contributed by atoms with van der Waals surface area (Å²) in [6, 6.07) is 0. The highest BCUT2D eigenvalue weighted by atomic mass is 31.2. The first kappa shape index (κ1) is 34.9. The largest absolute Gasteiger partial charge is 0.478 e. The van der Waals surface area contributed by atoms with E-state index in [1.807, 2.05) is 19.9 Å². The molecule has 4 rings (SSSR count). The molecule has 0 bridgehead atoms. The number of hydrogen-bond acceptors (Lipinski definition) is 6. The number of hydrogen-bond donors (Lipinski definition) is 6. The van der Waals surface area contributed by atoms with Crippen LogP contribution >= 0.6 is 7.82 Å². The van der Waals surface area contributed by atoms with Gasteiger partial charge in [0, 0.05) is 12.5 Å². The summed E-state index contributed by atoms with van der Waals surface area (Å²) in [6.07, 6.45) is 6.22. The Morgan fingerprint density at radius 3 is 2.12 bits per heavy atom. The van der Waals surface area contributed by atoms with Gasteiger partial charge in [0.05, 0.1) is 12.2 Å². The van der Waals surface area contributed by atoms with Gasteiger partial charge in [-0.2, -0.15) is 0 Å². The molecule has 0 aromatic rings. The van der Waals surface area contributed by atoms with Crippen LogP contribution in [0, 0.1) is 39.9 Å². The maximum atomic E-state index is 12.6. The third-order valence-electron chi connectivity index (χ3n) is 11.6. The zero-order chi connectivity index (χ0) is 32.0. The Morgan fingerprint density at radius 2 is 1.60 bits per heavy atom. The van der Waals surface area contributed by atoms with Crippen molar-refractivity contribution in [1.82, 2.24) is 0 Å². The van der Waals surface area contributed by atoms with Crippen LogP contribution in [0.1, 0.15) is 99.8 Å². The second-order valence-corrected chi connectivity index (χ2v) is 15.2. The van der Waals surface area contributed by atoms with Crippen LogP contribution in [-0.4, -0.2) is 60.3 Å².